The Morgan fingerprint density at radius 3 is 2.62 bits per heavy atom. The highest BCUT2D eigenvalue weighted by atomic mass is 79.9. The molecule has 0 atom stereocenters. The molecular weight excluding hydrogens is 392 g/mol. The minimum atomic E-state index is -0.468. The molecule has 1 heterocycles. The Labute approximate surface area is 153 Å². The van der Waals surface area contributed by atoms with Gasteiger partial charge in [-0.1, -0.05) is 27.7 Å². The van der Waals surface area contributed by atoms with Gasteiger partial charge in [-0.2, -0.15) is 0 Å². The monoisotopic (exact) mass is 408 g/mol. The number of benzene rings is 1. The van der Waals surface area contributed by atoms with E-state index in [1.165, 1.54) is 11.8 Å². The highest BCUT2D eigenvalue weighted by Crippen LogP contribution is 2.29. The van der Waals surface area contributed by atoms with Gasteiger partial charge in [-0.25, -0.2) is 4.98 Å². The van der Waals surface area contributed by atoms with Gasteiger partial charge in [-0.3, -0.25) is 9.59 Å². The first-order valence-electron chi connectivity index (χ1n) is 7.32. The van der Waals surface area contributed by atoms with Crippen molar-refractivity contribution < 1.29 is 14.3 Å². The summed E-state index contributed by atoms with van der Waals surface area (Å²) in [6.45, 7) is 3.34. The summed E-state index contributed by atoms with van der Waals surface area (Å²) < 4.78 is 5.98. The molecule has 1 amide bonds. The molecule has 0 aliphatic rings. The normalized spacial score (nSPS) is 10.5. The molecule has 0 aliphatic carbocycles. The van der Waals surface area contributed by atoms with Crippen molar-refractivity contribution in [2.75, 3.05) is 6.54 Å². The number of halogens is 1. The summed E-state index contributed by atoms with van der Waals surface area (Å²) in [5.41, 5.74) is 0.419. The Hall–Kier alpha value is -1.86. The first-order chi connectivity index (χ1) is 11.5. The predicted octanol–water partition coefficient (Wildman–Crippen LogP) is 3.68. The molecule has 0 fully saturated rings. The molecule has 1 aromatic carbocycles. The highest BCUT2D eigenvalue weighted by molar-refractivity contribution is 9.10. The van der Waals surface area contributed by atoms with Crippen LogP contribution in [0.4, 0.5) is 0 Å². The number of carbonyl (C=O) groups excluding carboxylic acids is 2. The standard InChI is InChI=1S/C17H17BrN2O3S/c1-11(2)23-15(21)10-20-16(22)14-4-3-9-19-17(14)24-13-7-5-12(18)6-8-13/h3-9,11H,10H2,1-2H3,(H,20,22). The summed E-state index contributed by atoms with van der Waals surface area (Å²) in [6, 6.07) is 11.1. The second kappa shape index (κ2) is 8.84. The van der Waals surface area contributed by atoms with E-state index in [-0.39, 0.29) is 18.6 Å². The largest absolute Gasteiger partial charge is 0.462 e. The summed E-state index contributed by atoms with van der Waals surface area (Å²) in [5.74, 6) is -0.826. The van der Waals surface area contributed by atoms with Gasteiger partial charge in [-0.15, -0.1) is 0 Å². The van der Waals surface area contributed by atoms with Crippen LogP contribution in [0, 0.1) is 0 Å². The average Bonchev–Trinajstić information content (AvgIpc) is 2.54. The van der Waals surface area contributed by atoms with Crippen LogP contribution in [-0.2, 0) is 9.53 Å². The van der Waals surface area contributed by atoms with Crippen molar-refractivity contribution in [3.05, 3.63) is 52.6 Å². The van der Waals surface area contributed by atoms with Gasteiger partial charge in [0.25, 0.3) is 5.91 Å². The number of amides is 1. The quantitative estimate of drug-likeness (QED) is 0.738. The molecule has 0 unspecified atom stereocenters. The van der Waals surface area contributed by atoms with Crippen molar-refractivity contribution in [2.45, 2.75) is 29.9 Å². The summed E-state index contributed by atoms with van der Waals surface area (Å²) >= 11 is 4.77. The van der Waals surface area contributed by atoms with Crippen molar-refractivity contribution in [2.24, 2.45) is 0 Å². The number of carbonyl (C=O) groups is 2. The zero-order valence-corrected chi connectivity index (χ0v) is 15.7. The predicted molar refractivity (Wildman–Crippen MR) is 96.1 cm³/mol. The van der Waals surface area contributed by atoms with Gasteiger partial charge in [0.05, 0.1) is 11.7 Å². The van der Waals surface area contributed by atoms with Crippen LogP contribution in [0.5, 0.6) is 0 Å². The Morgan fingerprint density at radius 1 is 1.25 bits per heavy atom. The molecule has 0 aliphatic heterocycles. The van der Waals surface area contributed by atoms with Gasteiger partial charge in [0, 0.05) is 15.6 Å². The highest BCUT2D eigenvalue weighted by Gasteiger charge is 2.15. The second-order valence-corrected chi connectivity index (χ2v) is 7.11. The molecule has 24 heavy (non-hydrogen) atoms. The topological polar surface area (TPSA) is 68.3 Å². The van der Waals surface area contributed by atoms with Gasteiger partial charge in [0.2, 0.25) is 0 Å². The van der Waals surface area contributed by atoms with Crippen LogP contribution in [0.3, 0.4) is 0 Å². The number of nitrogens with one attached hydrogen (secondary N) is 1. The van der Waals surface area contributed by atoms with E-state index in [0.29, 0.717) is 10.6 Å². The lowest BCUT2D eigenvalue weighted by molar-refractivity contribution is -0.146. The smallest absolute Gasteiger partial charge is 0.325 e. The van der Waals surface area contributed by atoms with E-state index >= 15 is 0 Å². The van der Waals surface area contributed by atoms with E-state index in [9.17, 15) is 9.59 Å². The summed E-state index contributed by atoms with van der Waals surface area (Å²) in [5, 5.41) is 3.14. The molecule has 0 saturated carbocycles. The summed E-state index contributed by atoms with van der Waals surface area (Å²) in [4.78, 5) is 29.1. The number of esters is 1. The molecule has 0 bridgehead atoms. The van der Waals surface area contributed by atoms with Gasteiger partial charge in [0.15, 0.2) is 0 Å². The zero-order chi connectivity index (χ0) is 17.5. The number of pyridine rings is 1. The number of hydrogen-bond acceptors (Lipinski definition) is 5. The maximum atomic E-state index is 12.3. The fraction of sp³-hybridized carbons (Fsp3) is 0.235. The molecule has 5 nitrogen and oxygen atoms in total. The number of aromatic nitrogens is 1. The maximum absolute atomic E-state index is 12.3. The Bertz CT molecular complexity index is 720. The van der Waals surface area contributed by atoms with Crippen LogP contribution in [0.1, 0.15) is 24.2 Å². The van der Waals surface area contributed by atoms with E-state index in [4.69, 9.17) is 4.74 Å². The van der Waals surface area contributed by atoms with Crippen LogP contribution < -0.4 is 5.32 Å². The lowest BCUT2D eigenvalue weighted by Crippen LogP contribution is -2.32. The van der Waals surface area contributed by atoms with Crippen LogP contribution in [0.2, 0.25) is 0 Å². The Balaban J connectivity index is 2.06. The molecule has 126 valence electrons. The molecule has 1 N–H and O–H groups in total. The lowest BCUT2D eigenvalue weighted by Gasteiger charge is -2.10. The van der Waals surface area contributed by atoms with Gasteiger partial charge < -0.3 is 10.1 Å². The number of hydrogen-bond donors (Lipinski definition) is 1. The van der Waals surface area contributed by atoms with Crippen LogP contribution in [0.15, 0.2) is 57.0 Å². The summed E-state index contributed by atoms with van der Waals surface area (Å²) in [7, 11) is 0. The zero-order valence-electron chi connectivity index (χ0n) is 13.3. The van der Waals surface area contributed by atoms with E-state index in [2.05, 4.69) is 26.2 Å². The van der Waals surface area contributed by atoms with Crippen molar-refractivity contribution >= 4 is 39.6 Å². The fourth-order valence-electron chi connectivity index (χ4n) is 1.81. The molecule has 0 spiro atoms. The minimum Gasteiger partial charge on any atom is -0.462 e. The second-order valence-electron chi connectivity index (χ2n) is 5.13. The fourth-order valence-corrected chi connectivity index (χ4v) is 2.96. The SMILES string of the molecule is CC(C)OC(=O)CNC(=O)c1cccnc1Sc1ccc(Br)cc1. The lowest BCUT2D eigenvalue weighted by atomic mass is 10.2. The first kappa shape index (κ1) is 18.5. The molecule has 2 rings (SSSR count). The third kappa shape index (κ3) is 5.65. The van der Waals surface area contributed by atoms with E-state index in [0.717, 1.165) is 9.37 Å². The molecule has 7 heteroatoms. The molecule has 0 saturated heterocycles. The maximum Gasteiger partial charge on any atom is 0.325 e. The molecule has 2 aromatic rings. The minimum absolute atomic E-state index is 0.172. The number of rotatable bonds is 6. The van der Waals surface area contributed by atoms with Crippen molar-refractivity contribution in [1.82, 2.24) is 10.3 Å². The third-order valence-corrected chi connectivity index (χ3v) is 4.36. The van der Waals surface area contributed by atoms with E-state index in [1.54, 1.807) is 32.2 Å². The average molecular weight is 409 g/mol. The Kier molecular flexibility index (Phi) is 6.81. The van der Waals surface area contributed by atoms with Crippen LogP contribution in [-0.4, -0.2) is 29.5 Å². The number of nitrogens with zero attached hydrogens (tertiary/aromatic N) is 1. The number of ether oxygens (including phenoxy) is 1. The van der Waals surface area contributed by atoms with Crippen molar-refractivity contribution in [3.63, 3.8) is 0 Å². The van der Waals surface area contributed by atoms with Gasteiger partial charge in [-0.05, 0) is 50.2 Å². The first-order valence-corrected chi connectivity index (χ1v) is 8.93. The Morgan fingerprint density at radius 2 is 1.96 bits per heavy atom. The van der Waals surface area contributed by atoms with Crippen LogP contribution in [0.25, 0.3) is 0 Å². The third-order valence-electron chi connectivity index (χ3n) is 2.80. The van der Waals surface area contributed by atoms with E-state index in [1.807, 2.05) is 24.3 Å². The van der Waals surface area contributed by atoms with Gasteiger partial charge in [0.1, 0.15) is 11.6 Å². The molecular formula is C17H17BrN2O3S. The van der Waals surface area contributed by atoms with Gasteiger partial charge >= 0.3 is 5.97 Å². The molecule has 0 radical (unpaired) electrons. The molecule has 1 aromatic heterocycles. The summed E-state index contributed by atoms with van der Waals surface area (Å²) in [6.07, 6.45) is 1.42. The van der Waals surface area contributed by atoms with Crippen molar-refractivity contribution in [1.29, 1.82) is 0 Å². The van der Waals surface area contributed by atoms with Crippen molar-refractivity contribution in [3.8, 4) is 0 Å². The van der Waals surface area contributed by atoms with Crippen LogP contribution >= 0.6 is 27.7 Å². The van der Waals surface area contributed by atoms with E-state index < -0.39 is 5.97 Å².